The molecule has 1 amide bonds. The molecule has 80 valence electrons. The topological polar surface area (TPSA) is 73.6 Å². The van der Waals surface area contributed by atoms with Crippen LogP contribution < -0.4 is 20.7 Å². The first-order chi connectivity index (χ1) is 7.20. The number of benzene rings is 1. The van der Waals surface area contributed by atoms with E-state index in [9.17, 15) is 4.79 Å². The zero-order valence-electron chi connectivity index (χ0n) is 8.32. The Morgan fingerprint density at radius 1 is 1.53 bits per heavy atom. The van der Waals surface area contributed by atoms with E-state index in [1.165, 1.54) is 0 Å². The van der Waals surface area contributed by atoms with Crippen LogP contribution in [0, 0.1) is 6.92 Å². The molecule has 5 heteroatoms. The fraction of sp³-hybridized carbons (Fsp3) is 0.300. The van der Waals surface area contributed by atoms with Gasteiger partial charge in [0.2, 0.25) is 6.10 Å². The summed E-state index contributed by atoms with van der Waals surface area (Å²) in [6.07, 6.45) is -0.676. The lowest BCUT2D eigenvalue weighted by Gasteiger charge is -2.25. The number of nitrogens with two attached hydrogens (primary N) is 1. The molecule has 0 saturated carbocycles. The minimum absolute atomic E-state index is 0.180. The van der Waals surface area contributed by atoms with Gasteiger partial charge in [-0.2, -0.15) is 0 Å². The second-order valence-electron chi connectivity index (χ2n) is 3.38. The molecule has 1 atom stereocenters. The van der Waals surface area contributed by atoms with E-state index in [4.69, 9.17) is 15.3 Å². The first kappa shape index (κ1) is 9.79. The lowest BCUT2D eigenvalue weighted by atomic mass is 10.2. The van der Waals surface area contributed by atoms with Crippen LogP contribution in [0.3, 0.4) is 0 Å². The summed E-state index contributed by atoms with van der Waals surface area (Å²) in [4.78, 5) is 11.2. The van der Waals surface area contributed by atoms with Crippen molar-refractivity contribution in [1.29, 1.82) is 0 Å². The summed E-state index contributed by atoms with van der Waals surface area (Å²) < 4.78 is 10.8. The van der Waals surface area contributed by atoms with Crippen molar-refractivity contribution in [2.24, 2.45) is 5.84 Å². The highest BCUT2D eigenvalue weighted by atomic mass is 16.6. The van der Waals surface area contributed by atoms with Gasteiger partial charge in [0.1, 0.15) is 6.61 Å². The molecule has 15 heavy (non-hydrogen) atoms. The highest BCUT2D eigenvalue weighted by Gasteiger charge is 2.26. The Labute approximate surface area is 87.1 Å². The minimum atomic E-state index is -0.676. The Bertz CT molecular complexity index is 392. The number of carbonyl (C=O) groups excluding carboxylic acids is 1. The van der Waals surface area contributed by atoms with Gasteiger partial charge in [-0.1, -0.05) is 6.07 Å². The van der Waals surface area contributed by atoms with Crippen molar-refractivity contribution in [3.63, 3.8) is 0 Å². The first-order valence-electron chi connectivity index (χ1n) is 4.61. The molecule has 0 radical (unpaired) electrons. The van der Waals surface area contributed by atoms with Gasteiger partial charge in [-0.05, 0) is 24.6 Å². The number of hydrazine groups is 1. The number of rotatable bonds is 1. The number of nitrogens with one attached hydrogen (secondary N) is 1. The number of hydrogen-bond acceptors (Lipinski definition) is 4. The maximum absolute atomic E-state index is 11.2. The molecule has 1 aliphatic rings. The van der Waals surface area contributed by atoms with Crippen molar-refractivity contribution < 1.29 is 14.3 Å². The molecule has 0 aliphatic carbocycles. The number of fused-ring (bicyclic) bond motifs is 1. The van der Waals surface area contributed by atoms with Crippen LogP contribution in [0.25, 0.3) is 0 Å². The van der Waals surface area contributed by atoms with Gasteiger partial charge in [0, 0.05) is 0 Å². The largest absolute Gasteiger partial charge is 0.485 e. The van der Waals surface area contributed by atoms with Crippen LogP contribution in [-0.2, 0) is 4.79 Å². The molecule has 0 bridgehead atoms. The Kier molecular flexibility index (Phi) is 2.47. The fourth-order valence-electron chi connectivity index (χ4n) is 1.40. The number of aryl methyl sites for hydroxylation is 1. The quantitative estimate of drug-likeness (QED) is 0.390. The summed E-state index contributed by atoms with van der Waals surface area (Å²) in [5.41, 5.74) is 3.12. The van der Waals surface area contributed by atoms with Gasteiger partial charge < -0.3 is 9.47 Å². The fourth-order valence-corrected chi connectivity index (χ4v) is 1.40. The second kappa shape index (κ2) is 3.78. The summed E-state index contributed by atoms with van der Waals surface area (Å²) in [7, 11) is 0. The maximum atomic E-state index is 11.2. The van der Waals surface area contributed by atoms with Crippen LogP contribution in [-0.4, -0.2) is 18.6 Å². The van der Waals surface area contributed by atoms with Crippen molar-refractivity contribution in [2.45, 2.75) is 13.0 Å². The standard InChI is InChI=1S/C10H12N2O3/c1-6-2-3-7-8(4-6)14-5-9(15-7)10(13)12-11/h2-4,9H,5,11H2,1H3,(H,12,13). The average Bonchev–Trinajstić information content (AvgIpc) is 2.27. The Hall–Kier alpha value is -1.75. The second-order valence-corrected chi connectivity index (χ2v) is 3.38. The Balaban J connectivity index is 2.20. The molecule has 1 aromatic rings. The molecule has 0 fully saturated rings. The van der Waals surface area contributed by atoms with E-state index < -0.39 is 6.10 Å². The molecule has 1 aliphatic heterocycles. The third-order valence-electron chi connectivity index (χ3n) is 2.19. The van der Waals surface area contributed by atoms with Crippen LogP contribution in [0.2, 0.25) is 0 Å². The summed E-state index contributed by atoms with van der Waals surface area (Å²) in [6.45, 7) is 2.14. The Morgan fingerprint density at radius 2 is 2.33 bits per heavy atom. The zero-order chi connectivity index (χ0) is 10.8. The minimum Gasteiger partial charge on any atom is -0.485 e. The van der Waals surface area contributed by atoms with Crippen molar-refractivity contribution in [3.05, 3.63) is 23.8 Å². The van der Waals surface area contributed by atoms with E-state index >= 15 is 0 Å². The number of carbonyl (C=O) groups is 1. The maximum Gasteiger partial charge on any atom is 0.278 e. The molecule has 1 aromatic carbocycles. The molecule has 1 heterocycles. The van der Waals surface area contributed by atoms with Crippen molar-refractivity contribution in [1.82, 2.24) is 5.43 Å². The lowest BCUT2D eigenvalue weighted by molar-refractivity contribution is -0.130. The summed E-state index contributed by atoms with van der Waals surface area (Å²) in [5.74, 6) is 5.86. The van der Waals surface area contributed by atoms with Crippen LogP contribution in [0.15, 0.2) is 18.2 Å². The molecule has 0 spiro atoms. The molecule has 0 aromatic heterocycles. The van der Waals surface area contributed by atoms with Gasteiger partial charge in [0.15, 0.2) is 11.5 Å². The Morgan fingerprint density at radius 3 is 3.07 bits per heavy atom. The van der Waals surface area contributed by atoms with Gasteiger partial charge in [-0.3, -0.25) is 10.2 Å². The van der Waals surface area contributed by atoms with Crippen molar-refractivity contribution >= 4 is 5.91 Å². The normalized spacial score (nSPS) is 18.4. The first-order valence-corrected chi connectivity index (χ1v) is 4.61. The molecule has 1 unspecified atom stereocenters. The number of amides is 1. The van der Waals surface area contributed by atoms with Crippen LogP contribution in [0.1, 0.15) is 5.56 Å². The smallest absolute Gasteiger partial charge is 0.278 e. The summed E-state index contributed by atoms with van der Waals surface area (Å²) in [6, 6.07) is 5.54. The van der Waals surface area contributed by atoms with E-state index in [-0.39, 0.29) is 12.5 Å². The molecule has 3 N–H and O–H groups in total. The molecule has 0 saturated heterocycles. The van der Waals surface area contributed by atoms with E-state index in [1.807, 2.05) is 24.5 Å². The van der Waals surface area contributed by atoms with Crippen LogP contribution in [0.4, 0.5) is 0 Å². The monoisotopic (exact) mass is 208 g/mol. The van der Waals surface area contributed by atoms with Gasteiger partial charge in [0.25, 0.3) is 5.91 Å². The van der Waals surface area contributed by atoms with Crippen molar-refractivity contribution in [3.8, 4) is 11.5 Å². The average molecular weight is 208 g/mol. The predicted molar refractivity (Wildman–Crippen MR) is 53.4 cm³/mol. The van der Waals surface area contributed by atoms with Gasteiger partial charge in [-0.15, -0.1) is 0 Å². The van der Waals surface area contributed by atoms with Gasteiger partial charge in [0.05, 0.1) is 0 Å². The SMILES string of the molecule is Cc1ccc2c(c1)OCC(C(=O)NN)O2. The van der Waals surface area contributed by atoms with E-state index in [0.29, 0.717) is 11.5 Å². The predicted octanol–water partition coefficient (Wildman–Crippen LogP) is 0.125. The van der Waals surface area contributed by atoms with Crippen LogP contribution in [0.5, 0.6) is 11.5 Å². The number of ether oxygens (including phenoxy) is 2. The van der Waals surface area contributed by atoms with E-state index in [0.717, 1.165) is 5.56 Å². The molecule has 2 rings (SSSR count). The number of hydrogen-bond donors (Lipinski definition) is 2. The van der Waals surface area contributed by atoms with Crippen molar-refractivity contribution in [2.75, 3.05) is 6.61 Å². The van der Waals surface area contributed by atoms with Gasteiger partial charge in [-0.25, -0.2) is 5.84 Å². The lowest BCUT2D eigenvalue weighted by Crippen LogP contribution is -2.46. The van der Waals surface area contributed by atoms with E-state index in [1.54, 1.807) is 6.07 Å². The third kappa shape index (κ3) is 1.87. The van der Waals surface area contributed by atoms with Crippen LogP contribution >= 0.6 is 0 Å². The highest BCUT2D eigenvalue weighted by molar-refractivity contribution is 5.81. The molecule has 5 nitrogen and oxygen atoms in total. The van der Waals surface area contributed by atoms with E-state index in [2.05, 4.69) is 0 Å². The third-order valence-corrected chi connectivity index (χ3v) is 2.19. The zero-order valence-corrected chi connectivity index (χ0v) is 8.32. The highest BCUT2D eigenvalue weighted by Crippen LogP contribution is 2.32. The molecular weight excluding hydrogens is 196 g/mol. The molecular formula is C10H12N2O3. The summed E-state index contributed by atoms with van der Waals surface area (Å²) in [5, 5.41) is 0. The summed E-state index contributed by atoms with van der Waals surface area (Å²) >= 11 is 0. The van der Waals surface area contributed by atoms with Gasteiger partial charge >= 0.3 is 0 Å².